The molecule has 0 saturated carbocycles. The number of hydrogen-bond acceptors (Lipinski definition) is 5. The van der Waals surface area contributed by atoms with Gasteiger partial charge in [0.15, 0.2) is 5.65 Å². The van der Waals surface area contributed by atoms with E-state index in [2.05, 4.69) is 38.8 Å². The normalized spacial score (nSPS) is 11.0. The Labute approximate surface area is 137 Å². The van der Waals surface area contributed by atoms with E-state index in [0.29, 0.717) is 6.54 Å². The summed E-state index contributed by atoms with van der Waals surface area (Å²) < 4.78 is 1.88. The van der Waals surface area contributed by atoms with Gasteiger partial charge in [0.25, 0.3) is 0 Å². The number of fused-ring (bicyclic) bond motifs is 1. The average molecular weight is 321 g/mol. The van der Waals surface area contributed by atoms with Crippen molar-refractivity contribution in [3.8, 4) is 10.6 Å². The lowest BCUT2D eigenvalue weighted by molar-refractivity contribution is 0.925. The Morgan fingerprint density at radius 3 is 2.91 bits per heavy atom. The molecule has 0 fully saturated rings. The molecule has 0 aliphatic rings. The summed E-state index contributed by atoms with van der Waals surface area (Å²) in [7, 11) is 0. The van der Waals surface area contributed by atoms with Crippen molar-refractivity contribution < 1.29 is 0 Å². The second-order valence-electron chi connectivity index (χ2n) is 5.29. The average Bonchev–Trinajstić information content (AvgIpc) is 3.19. The van der Waals surface area contributed by atoms with Gasteiger partial charge in [-0.25, -0.2) is 9.50 Å². The largest absolute Gasteiger partial charge is 0.363 e. The molecule has 0 saturated heterocycles. The van der Waals surface area contributed by atoms with Crippen LogP contribution in [0.25, 0.3) is 16.2 Å². The van der Waals surface area contributed by atoms with E-state index in [1.165, 1.54) is 10.4 Å². The fourth-order valence-electron chi connectivity index (χ4n) is 2.38. The first-order valence-corrected chi connectivity index (χ1v) is 8.22. The first-order valence-electron chi connectivity index (χ1n) is 7.34. The van der Waals surface area contributed by atoms with E-state index in [-0.39, 0.29) is 0 Å². The van der Waals surface area contributed by atoms with Crippen molar-refractivity contribution in [3.63, 3.8) is 0 Å². The predicted molar refractivity (Wildman–Crippen MR) is 92.6 cm³/mol. The number of anilines is 1. The van der Waals surface area contributed by atoms with Crippen molar-refractivity contribution in [1.29, 1.82) is 0 Å². The molecule has 0 aliphatic carbocycles. The number of nitrogens with one attached hydrogen (secondary N) is 1. The van der Waals surface area contributed by atoms with E-state index >= 15 is 0 Å². The maximum atomic E-state index is 4.66. The van der Waals surface area contributed by atoms with Crippen LogP contribution < -0.4 is 5.32 Å². The summed E-state index contributed by atoms with van der Waals surface area (Å²) >= 11 is 1.71. The monoisotopic (exact) mass is 321 g/mol. The van der Waals surface area contributed by atoms with Crippen molar-refractivity contribution >= 4 is 22.8 Å². The van der Waals surface area contributed by atoms with Gasteiger partial charge in [0, 0.05) is 6.20 Å². The summed E-state index contributed by atoms with van der Waals surface area (Å²) in [5, 5.41) is 10.1. The summed E-state index contributed by atoms with van der Waals surface area (Å²) in [6.07, 6.45) is 3.66. The van der Waals surface area contributed by atoms with Crippen LogP contribution in [0.5, 0.6) is 0 Å². The maximum Gasteiger partial charge on any atom is 0.154 e. The molecule has 0 bridgehead atoms. The molecule has 23 heavy (non-hydrogen) atoms. The number of aryl methyl sites for hydroxylation is 1. The van der Waals surface area contributed by atoms with Gasteiger partial charge in [-0.05, 0) is 48.2 Å². The number of thiophene rings is 1. The minimum absolute atomic E-state index is 0.640. The minimum atomic E-state index is 0.640. The number of hydrogen-bond donors (Lipinski definition) is 1. The zero-order chi connectivity index (χ0) is 15.6. The number of pyridine rings is 1. The molecule has 0 amide bonds. The number of nitrogens with zero attached hydrogens (tertiary/aromatic N) is 4. The summed E-state index contributed by atoms with van der Waals surface area (Å²) in [5.74, 6) is 0.802. The zero-order valence-corrected chi connectivity index (χ0v) is 13.4. The van der Waals surface area contributed by atoms with Crippen molar-refractivity contribution in [2.24, 2.45) is 0 Å². The number of rotatable bonds is 4. The highest BCUT2D eigenvalue weighted by Gasteiger charge is 2.09. The van der Waals surface area contributed by atoms with E-state index in [4.69, 9.17) is 0 Å². The van der Waals surface area contributed by atoms with Gasteiger partial charge >= 0.3 is 0 Å². The molecule has 4 heterocycles. The highest BCUT2D eigenvalue weighted by atomic mass is 32.1. The molecule has 0 atom stereocenters. The third-order valence-electron chi connectivity index (χ3n) is 3.52. The second kappa shape index (κ2) is 5.81. The standard InChI is InChI=1S/C17H15N5S/c1-12-8-15(23-11-12)14-10-20-17-6-5-16(21-22(14)17)19-9-13-4-2-3-7-18-13/h2-8,10-11H,9H2,1H3,(H,19,21). The van der Waals surface area contributed by atoms with Crippen LogP contribution in [-0.2, 0) is 6.54 Å². The number of aromatic nitrogens is 4. The molecule has 5 nitrogen and oxygen atoms in total. The molecule has 0 radical (unpaired) electrons. The first-order chi connectivity index (χ1) is 11.3. The number of imidazole rings is 1. The van der Waals surface area contributed by atoms with Gasteiger partial charge in [0.05, 0.1) is 23.3 Å². The van der Waals surface area contributed by atoms with Gasteiger partial charge in [-0.15, -0.1) is 16.4 Å². The highest BCUT2D eigenvalue weighted by Crippen LogP contribution is 2.27. The van der Waals surface area contributed by atoms with Crippen molar-refractivity contribution in [3.05, 3.63) is 65.4 Å². The summed E-state index contributed by atoms with van der Waals surface area (Å²) in [6, 6.07) is 11.9. The summed E-state index contributed by atoms with van der Waals surface area (Å²) in [4.78, 5) is 9.91. The van der Waals surface area contributed by atoms with Crippen molar-refractivity contribution in [2.45, 2.75) is 13.5 Å². The molecule has 1 N–H and O–H groups in total. The lowest BCUT2D eigenvalue weighted by Crippen LogP contribution is -2.05. The Balaban J connectivity index is 1.64. The molecule has 4 aromatic rings. The van der Waals surface area contributed by atoms with E-state index in [1.807, 2.05) is 41.0 Å². The van der Waals surface area contributed by atoms with E-state index in [1.54, 1.807) is 17.5 Å². The van der Waals surface area contributed by atoms with Crippen LogP contribution in [0.2, 0.25) is 0 Å². The molecular weight excluding hydrogens is 306 g/mol. The third-order valence-corrected chi connectivity index (χ3v) is 4.59. The van der Waals surface area contributed by atoms with E-state index < -0.39 is 0 Å². The Kier molecular flexibility index (Phi) is 3.51. The van der Waals surface area contributed by atoms with Crippen LogP contribution in [0.15, 0.2) is 54.2 Å². The van der Waals surface area contributed by atoms with Crippen LogP contribution in [0, 0.1) is 6.92 Å². The second-order valence-corrected chi connectivity index (χ2v) is 6.21. The van der Waals surface area contributed by atoms with E-state index in [9.17, 15) is 0 Å². The Morgan fingerprint density at radius 2 is 2.13 bits per heavy atom. The van der Waals surface area contributed by atoms with Gasteiger partial charge < -0.3 is 5.32 Å². The van der Waals surface area contributed by atoms with Crippen LogP contribution in [-0.4, -0.2) is 19.6 Å². The first kappa shape index (κ1) is 13.9. The Morgan fingerprint density at radius 1 is 1.17 bits per heavy atom. The van der Waals surface area contributed by atoms with Crippen molar-refractivity contribution in [1.82, 2.24) is 19.6 Å². The molecule has 0 unspecified atom stereocenters. The van der Waals surface area contributed by atoms with Crippen molar-refractivity contribution in [2.75, 3.05) is 5.32 Å². The lowest BCUT2D eigenvalue weighted by Gasteiger charge is -2.06. The minimum Gasteiger partial charge on any atom is -0.363 e. The molecule has 114 valence electrons. The van der Waals surface area contributed by atoms with Gasteiger partial charge in [0.2, 0.25) is 0 Å². The topological polar surface area (TPSA) is 55.1 Å². The van der Waals surface area contributed by atoms with E-state index in [0.717, 1.165) is 22.9 Å². The third kappa shape index (κ3) is 2.80. The van der Waals surface area contributed by atoms with Crippen LogP contribution >= 0.6 is 11.3 Å². The molecule has 0 aromatic carbocycles. The van der Waals surface area contributed by atoms with Gasteiger partial charge in [0.1, 0.15) is 11.5 Å². The smallest absolute Gasteiger partial charge is 0.154 e. The summed E-state index contributed by atoms with van der Waals surface area (Å²) in [5.41, 5.74) is 4.09. The zero-order valence-electron chi connectivity index (χ0n) is 12.6. The molecule has 6 heteroatoms. The predicted octanol–water partition coefficient (Wildman–Crippen LogP) is 3.77. The fourth-order valence-corrected chi connectivity index (χ4v) is 3.28. The highest BCUT2D eigenvalue weighted by molar-refractivity contribution is 7.13. The quantitative estimate of drug-likeness (QED) is 0.621. The SMILES string of the molecule is Cc1csc(-c2cnc3ccc(NCc4ccccn4)nn23)c1. The summed E-state index contributed by atoms with van der Waals surface area (Å²) in [6.45, 7) is 2.73. The lowest BCUT2D eigenvalue weighted by atomic mass is 10.3. The molecule has 0 spiro atoms. The van der Waals surface area contributed by atoms with Gasteiger partial charge in [-0.1, -0.05) is 6.07 Å². The fraction of sp³-hybridized carbons (Fsp3) is 0.118. The Hall–Kier alpha value is -2.73. The molecule has 0 aliphatic heterocycles. The van der Waals surface area contributed by atoms with Crippen LogP contribution in [0.1, 0.15) is 11.3 Å². The van der Waals surface area contributed by atoms with Gasteiger partial charge in [-0.2, -0.15) is 0 Å². The van der Waals surface area contributed by atoms with Gasteiger partial charge in [-0.3, -0.25) is 4.98 Å². The molecule has 4 aromatic heterocycles. The molecular formula is C17H15N5S. The molecule has 4 rings (SSSR count). The van der Waals surface area contributed by atoms with Crippen LogP contribution in [0.4, 0.5) is 5.82 Å². The maximum absolute atomic E-state index is 4.66. The van der Waals surface area contributed by atoms with Crippen LogP contribution in [0.3, 0.4) is 0 Å². The Bertz CT molecular complexity index is 942.